The number of carbonyl (C=O) groups is 1. The average molecular weight is 472 g/mol. The molecule has 2 atom stereocenters. The number of hydrogen-bond acceptors (Lipinski definition) is 6. The van der Waals surface area contributed by atoms with Gasteiger partial charge in [0.15, 0.2) is 0 Å². The second kappa shape index (κ2) is 9.03. The number of piperidine rings is 1. The van der Waals surface area contributed by atoms with E-state index < -0.39 is 0 Å². The summed E-state index contributed by atoms with van der Waals surface area (Å²) in [6.45, 7) is 2.20. The van der Waals surface area contributed by atoms with Crippen LogP contribution in [0.25, 0.3) is 0 Å². The van der Waals surface area contributed by atoms with E-state index in [1.54, 1.807) is 24.7 Å². The van der Waals surface area contributed by atoms with E-state index in [9.17, 15) is 4.79 Å². The number of carbonyl (C=O) groups excluding carboxylic acids is 1. The summed E-state index contributed by atoms with van der Waals surface area (Å²) >= 11 is 12.1. The van der Waals surface area contributed by atoms with Gasteiger partial charge in [0.2, 0.25) is 11.9 Å². The standard InChI is InChI=1S/C22H23Cl2N7O/c23-15-4-14(5-16(24)6-15)9-27-22-25-7-13(8-26-22)2-1-3-20(32)31-11-17-18(12-31)21(17)19-10-28-30-29-19/h4-8,10,17-18,21H,1-3,9,11-12H2,(H,25,26,27)(H,28,29,30). The Bertz CT molecular complexity index is 1060. The zero-order chi connectivity index (χ0) is 22.1. The quantitative estimate of drug-likeness (QED) is 0.519. The summed E-state index contributed by atoms with van der Waals surface area (Å²) in [6.07, 6.45) is 7.51. The first-order valence-corrected chi connectivity index (χ1v) is 11.5. The maximum absolute atomic E-state index is 12.5. The van der Waals surface area contributed by atoms with E-state index in [0.717, 1.165) is 42.8 Å². The molecule has 5 rings (SSSR count). The lowest BCUT2D eigenvalue weighted by Gasteiger charge is -2.19. The van der Waals surface area contributed by atoms with Crippen molar-refractivity contribution in [3.8, 4) is 0 Å². The monoisotopic (exact) mass is 471 g/mol. The predicted octanol–water partition coefficient (Wildman–Crippen LogP) is 3.71. The summed E-state index contributed by atoms with van der Waals surface area (Å²) in [4.78, 5) is 23.3. The number of fused-ring (bicyclic) bond motifs is 1. The Hall–Kier alpha value is -2.71. The van der Waals surface area contributed by atoms with Crippen LogP contribution in [0.5, 0.6) is 0 Å². The maximum Gasteiger partial charge on any atom is 0.222 e. The van der Waals surface area contributed by atoms with Crippen LogP contribution in [0.1, 0.15) is 35.6 Å². The van der Waals surface area contributed by atoms with Gasteiger partial charge in [0.05, 0.1) is 11.9 Å². The van der Waals surface area contributed by atoms with Crippen LogP contribution in [-0.4, -0.2) is 49.3 Å². The van der Waals surface area contributed by atoms with Crippen molar-refractivity contribution in [2.75, 3.05) is 18.4 Å². The lowest BCUT2D eigenvalue weighted by molar-refractivity contribution is -0.130. The number of amides is 1. The molecule has 166 valence electrons. The van der Waals surface area contributed by atoms with Gasteiger partial charge in [-0.05, 0) is 54.0 Å². The predicted molar refractivity (Wildman–Crippen MR) is 121 cm³/mol. The van der Waals surface area contributed by atoms with Gasteiger partial charge in [-0.1, -0.05) is 23.2 Å². The smallest absolute Gasteiger partial charge is 0.222 e. The molecule has 1 amide bonds. The normalized spacial score (nSPS) is 21.4. The van der Waals surface area contributed by atoms with Gasteiger partial charge in [0, 0.05) is 54.4 Å². The first kappa shape index (κ1) is 21.2. The number of benzene rings is 1. The number of likely N-dealkylation sites (tertiary alicyclic amines) is 1. The lowest BCUT2D eigenvalue weighted by atomic mass is 10.1. The highest BCUT2D eigenvalue weighted by atomic mass is 35.5. The Morgan fingerprint density at radius 2 is 1.78 bits per heavy atom. The summed E-state index contributed by atoms with van der Waals surface area (Å²) in [5.74, 6) is 2.33. The van der Waals surface area contributed by atoms with Gasteiger partial charge < -0.3 is 10.2 Å². The Labute approximate surface area is 195 Å². The zero-order valence-corrected chi connectivity index (χ0v) is 18.9. The first-order valence-electron chi connectivity index (χ1n) is 10.7. The van der Waals surface area contributed by atoms with Crippen molar-refractivity contribution in [1.82, 2.24) is 30.3 Å². The van der Waals surface area contributed by atoms with E-state index in [2.05, 4.69) is 30.7 Å². The Kier molecular flexibility index (Phi) is 5.97. The highest BCUT2D eigenvalue weighted by Crippen LogP contribution is 2.57. The SMILES string of the molecule is O=C(CCCc1cnc(NCc2cc(Cl)cc(Cl)c2)nc1)N1CC2C(C1)C2c1cn[nH]n1. The van der Waals surface area contributed by atoms with E-state index in [4.69, 9.17) is 23.2 Å². The van der Waals surface area contributed by atoms with E-state index in [1.165, 1.54) is 0 Å². The molecule has 1 aromatic carbocycles. The molecular formula is C22H23Cl2N7O. The second-order valence-electron chi connectivity index (χ2n) is 8.45. The summed E-state index contributed by atoms with van der Waals surface area (Å²) in [5.41, 5.74) is 3.01. The van der Waals surface area contributed by atoms with E-state index in [0.29, 0.717) is 46.7 Å². The third-order valence-corrected chi connectivity index (χ3v) is 6.69. The molecule has 2 N–H and O–H groups in total. The first-order chi connectivity index (χ1) is 15.6. The van der Waals surface area contributed by atoms with E-state index >= 15 is 0 Å². The molecule has 1 aliphatic carbocycles. The van der Waals surface area contributed by atoms with Crippen LogP contribution in [0.2, 0.25) is 10.0 Å². The molecule has 3 aromatic rings. The molecule has 2 unspecified atom stereocenters. The average Bonchev–Trinajstić information content (AvgIpc) is 3.17. The third-order valence-electron chi connectivity index (χ3n) is 6.26. The molecule has 0 bridgehead atoms. The molecule has 8 nitrogen and oxygen atoms in total. The molecule has 2 aliphatic rings. The van der Waals surface area contributed by atoms with E-state index in [1.807, 2.05) is 17.0 Å². The molecular weight excluding hydrogens is 449 g/mol. The van der Waals surface area contributed by atoms with Gasteiger partial charge in [0.25, 0.3) is 0 Å². The van der Waals surface area contributed by atoms with Crippen molar-refractivity contribution < 1.29 is 4.79 Å². The van der Waals surface area contributed by atoms with E-state index in [-0.39, 0.29) is 5.91 Å². The Morgan fingerprint density at radius 3 is 2.44 bits per heavy atom. The van der Waals surface area contributed by atoms with Crippen LogP contribution >= 0.6 is 23.2 Å². The van der Waals surface area contributed by atoms with Gasteiger partial charge in [-0.2, -0.15) is 15.4 Å². The molecule has 1 saturated heterocycles. The van der Waals surface area contributed by atoms with Gasteiger partial charge in [-0.25, -0.2) is 9.97 Å². The van der Waals surface area contributed by atoms with Gasteiger partial charge in [-0.15, -0.1) is 0 Å². The lowest BCUT2D eigenvalue weighted by Crippen LogP contribution is -2.31. The minimum absolute atomic E-state index is 0.232. The molecule has 1 saturated carbocycles. The molecule has 2 aromatic heterocycles. The largest absolute Gasteiger partial charge is 0.350 e. The molecule has 32 heavy (non-hydrogen) atoms. The van der Waals surface area contributed by atoms with Crippen LogP contribution in [0.4, 0.5) is 5.95 Å². The Morgan fingerprint density at radius 1 is 1.06 bits per heavy atom. The van der Waals surface area contributed by atoms with Crippen LogP contribution in [0, 0.1) is 11.8 Å². The topological polar surface area (TPSA) is 99.7 Å². The number of rotatable bonds is 8. The van der Waals surface area contributed by atoms with Crippen LogP contribution < -0.4 is 5.32 Å². The van der Waals surface area contributed by atoms with Crippen molar-refractivity contribution >= 4 is 35.1 Å². The number of nitrogens with one attached hydrogen (secondary N) is 2. The highest BCUT2D eigenvalue weighted by Gasteiger charge is 2.58. The van der Waals surface area contributed by atoms with Crippen molar-refractivity contribution in [1.29, 1.82) is 0 Å². The van der Waals surface area contributed by atoms with Crippen molar-refractivity contribution in [3.63, 3.8) is 0 Å². The number of halogens is 2. The number of H-pyrrole nitrogens is 1. The van der Waals surface area contributed by atoms with Crippen LogP contribution in [0.15, 0.2) is 36.8 Å². The zero-order valence-electron chi connectivity index (χ0n) is 17.3. The van der Waals surface area contributed by atoms with Gasteiger partial charge in [-0.3, -0.25) is 4.79 Å². The van der Waals surface area contributed by atoms with Gasteiger partial charge >= 0.3 is 0 Å². The van der Waals surface area contributed by atoms with Crippen molar-refractivity contribution in [2.24, 2.45) is 11.8 Å². The molecule has 1 aliphatic heterocycles. The molecule has 3 heterocycles. The summed E-state index contributed by atoms with van der Waals surface area (Å²) in [6, 6.07) is 5.40. The fraction of sp³-hybridized carbons (Fsp3) is 0.409. The van der Waals surface area contributed by atoms with Crippen LogP contribution in [0.3, 0.4) is 0 Å². The number of aromatic amines is 1. The van der Waals surface area contributed by atoms with Crippen molar-refractivity contribution in [3.05, 3.63) is 63.7 Å². The number of nitrogens with zero attached hydrogens (tertiary/aromatic N) is 5. The molecule has 0 spiro atoms. The second-order valence-corrected chi connectivity index (χ2v) is 9.32. The fourth-order valence-corrected chi connectivity index (χ4v) is 5.18. The minimum atomic E-state index is 0.232. The molecule has 10 heteroatoms. The molecule has 0 radical (unpaired) electrons. The summed E-state index contributed by atoms with van der Waals surface area (Å²) < 4.78 is 0. The number of anilines is 1. The van der Waals surface area contributed by atoms with Crippen LogP contribution in [-0.2, 0) is 17.8 Å². The fourth-order valence-electron chi connectivity index (χ4n) is 4.61. The number of aryl methyl sites for hydroxylation is 1. The summed E-state index contributed by atoms with van der Waals surface area (Å²) in [7, 11) is 0. The molecule has 2 fully saturated rings. The maximum atomic E-state index is 12.5. The van der Waals surface area contributed by atoms with Crippen molar-refractivity contribution in [2.45, 2.75) is 31.7 Å². The summed E-state index contributed by atoms with van der Waals surface area (Å²) in [5, 5.41) is 15.1. The third kappa shape index (κ3) is 4.71. The number of aromatic nitrogens is 5. The Balaban J connectivity index is 1.03. The highest BCUT2D eigenvalue weighted by molar-refractivity contribution is 6.34. The van der Waals surface area contributed by atoms with Gasteiger partial charge in [0.1, 0.15) is 0 Å². The minimum Gasteiger partial charge on any atom is -0.350 e. The number of hydrogen-bond donors (Lipinski definition) is 2.